The molecule has 12 heteroatoms. The summed E-state index contributed by atoms with van der Waals surface area (Å²) in [6.45, 7) is 6.85. The maximum atomic E-state index is 14.5. The van der Waals surface area contributed by atoms with Crippen molar-refractivity contribution < 1.29 is 44.4 Å². The number of hydrogen-bond acceptors (Lipinski definition) is 6. The number of benzene rings is 3. The van der Waals surface area contributed by atoms with Crippen LogP contribution >= 0.6 is 0 Å². The molecule has 4 rings (SSSR count). The number of carbonyl (C=O) groups excluding carboxylic acids is 1. The van der Waals surface area contributed by atoms with E-state index < -0.39 is 51.0 Å². The maximum Gasteiger partial charge on any atom is 0.534 e. The quantitative estimate of drug-likeness (QED) is 0.162. The highest BCUT2D eigenvalue weighted by Crippen LogP contribution is 2.38. The number of carbonyl (C=O) groups is 1. The summed E-state index contributed by atoms with van der Waals surface area (Å²) in [4.78, 5) is 14.8. The molecule has 3 aromatic carbocycles. The van der Waals surface area contributed by atoms with Crippen molar-refractivity contribution in [2.75, 3.05) is 6.54 Å². The van der Waals surface area contributed by atoms with Crippen molar-refractivity contribution in [3.8, 4) is 5.75 Å². The highest BCUT2D eigenvalue weighted by Gasteiger charge is 2.49. The van der Waals surface area contributed by atoms with Crippen molar-refractivity contribution >= 4 is 32.7 Å². The van der Waals surface area contributed by atoms with Gasteiger partial charge in [-0.05, 0) is 56.8 Å². The van der Waals surface area contributed by atoms with Crippen LogP contribution < -0.4 is 4.74 Å². The molecule has 1 amide bonds. The summed E-state index contributed by atoms with van der Waals surface area (Å²) >= 11 is 0. The number of hydrogen-bond donors (Lipinski definition) is 0. The van der Waals surface area contributed by atoms with Gasteiger partial charge >= 0.3 is 21.7 Å². The van der Waals surface area contributed by atoms with E-state index in [1.54, 1.807) is 64.1 Å². The van der Waals surface area contributed by atoms with Crippen LogP contribution in [0.1, 0.15) is 51.3 Å². The third-order valence-corrected chi connectivity index (χ3v) is 7.32. The highest BCUT2D eigenvalue weighted by atomic mass is 32.2. The average Bonchev–Trinajstić information content (AvgIpc) is 2.87. The van der Waals surface area contributed by atoms with Gasteiger partial charge in [0.2, 0.25) is 0 Å². The van der Waals surface area contributed by atoms with E-state index in [2.05, 4.69) is 4.18 Å². The van der Waals surface area contributed by atoms with Gasteiger partial charge in [-0.3, -0.25) is 0 Å². The molecule has 2 atom stereocenters. The van der Waals surface area contributed by atoms with Gasteiger partial charge in [-0.15, -0.1) is 0 Å². The lowest BCUT2D eigenvalue weighted by Gasteiger charge is -2.34. The molecule has 0 aliphatic carbocycles. The number of nitrogens with zero attached hydrogens (tertiary/aromatic N) is 1. The Labute approximate surface area is 235 Å². The molecule has 1 heterocycles. The van der Waals surface area contributed by atoms with Crippen LogP contribution in [0.5, 0.6) is 5.75 Å². The van der Waals surface area contributed by atoms with Gasteiger partial charge < -0.3 is 18.6 Å². The molecule has 220 valence electrons. The number of alkyl halides is 3. The fraction of sp³-hybridized carbons (Fsp3) is 0.345. The fourth-order valence-corrected chi connectivity index (χ4v) is 4.93. The number of para-hydroxylation sites is 1. The smallest absolute Gasteiger partial charge is 0.485 e. The number of ether oxygens (including phenoxy) is 2. The molecule has 0 aromatic heterocycles. The lowest BCUT2D eigenvalue weighted by atomic mass is 9.98. The topological polar surface area (TPSA) is 82.1 Å². The second-order valence-electron chi connectivity index (χ2n) is 10.5. The van der Waals surface area contributed by atoms with Gasteiger partial charge in [-0.25, -0.2) is 9.18 Å². The number of fused-ring (bicyclic) bond motifs is 2. The Bertz CT molecular complexity index is 1580. The minimum absolute atomic E-state index is 0.00951. The summed E-state index contributed by atoms with van der Waals surface area (Å²) in [5, 5.41) is 0.980. The van der Waals surface area contributed by atoms with E-state index >= 15 is 0 Å². The van der Waals surface area contributed by atoms with Gasteiger partial charge in [0.25, 0.3) is 0 Å². The molecular formula is C29H29F4NO6S. The van der Waals surface area contributed by atoms with Crippen LogP contribution in [0, 0.1) is 5.82 Å². The van der Waals surface area contributed by atoms with Gasteiger partial charge in [-0.2, -0.15) is 21.6 Å². The molecule has 1 aliphatic rings. The summed E-state index contributed by atoms with van der Waals surface area (Å²) in [6, 6.07) is 15.0. The molecule has 7 nitrogen and oxygen atoms in total. The van der Waals surface area contributed by atoms with E-state index in [9.17, 15) is 30.8 Å². The lowest BCUT2D eigenvalue weighted by Crippen LogP contribution is -2.40. The summed E-state index contributed by atoms with van der Waals surface area (Å²) in [7, 11) is -5.94. The Hall–Kier alpha value is -3.80. The Morgan fingerprint density at radius 2 is 1.63 bits per heavy atom. The van der Waals surface area contributed by atoms with Crippen LogP contribution in [0.3, 0.4) is 0 Å². The second-order valence-corrected chi connectivity index (χ2v) is 12.0. The monoisotopic (exact) mass is 595 g/mol. The van der Waals surface area contributed by atoms with Crippen LogP contribution in [-0.4, -0.2) is 43.2 Å². The molecule has 0 radical (unpaired) electrons. The van der Waals surface area contributed by atoms with Crippen molar-refractivity contribution in [1.82, 2.24) is 4.90 Å². The summed E-state index contributed by atoms with van der Waals surface area (Å²) in [5.41, 5.74) is -5.78. The van der Waals surface area contributed by atoms with Crippen LogP contribution in [0.2, 0.25) is 0 Å². The van der Waals surface area contributed by atoms with E-state index in [0.29, 0.717) is 16.3 Å². The summed E-state index contributed by atoms with van der Waals surface area (Å²) in [5.74, 6) is -0.828. The molecule has 0 fully saturated rings. The average molecular weight is 596 g/mol. The van der Waals surface area contributed by atoms with Crippen molar-refractivity contribution in [3.63, 3.8) is 0 Å². The molecule has 0 bridgehead atoms. The molecule has 3 aromatic rings. The zero-order valence-electron chi connectivity index (χ0n) is 22.7. The summed E-state index contributed by atoms with van der Waals surface area (Å²) in [6.07, 6.45) is -0.451. The molecule has 1 aliphatic heterocycles. The maximum absolute atomic E-state index is 14.5. The minimum Gasteiger partial charge on any atom is -0.485 e. The number of amides is 1. The molecule has 41 heavy (non-hydrogen) atoms. The van der Waals surface area contributed by atoms with Gasteiger partial charge in [0.05, 0.1) is 11.6 Å². The van der Waals surface area contributed by atoms with E-state index in [1.807, 2.05) is 0 Å². The van der Waals surface area contributed by atoms with Gasteiger partial charge in [-0.1, -0.05) is 42.5 Å². The minimum atomic E-state index is -5.94. The first-order chi connectivity index (χ1) is 19.1. The van der Waals surface area contributed by atoms with Gasteiger partial charge in [0.1, 0.15) is 23.3 Å². The third-order valence-electron chi connectivity index (χ3n) is 6.36. The predicted molar refractivity (Wildman–Crippen MR) is 145 cm³/mol. The standard InChI is InChI=1S/C29H29F4NO6S/c1-18(20-13-14-24(30)22-10-6-5-9-21(20)22)34(27(35)39-28(2,3)4)16-15-19-17-26(40-41(36,37)29(31,32)33)23-11-7-8-12-25(23)38-19/h5-14,17-19H,15-16H2,1-4H3/t18-,19-/m1/s1. The first kappa shape index (κ1) is 30.2. The van der Waals surface area contributed by atoms with E-state index in [0.717, 1.165) is 6.08 Å². The Kier molecular flexibility index (Phi) is 8.26. The molecule has 0 saturated carbocycles. The SMILES string of the molecule is C[C@H](c1ccc(F)c2ccccc12)N(CC[C@@H]1C=C(OS(=O)(=O)C(F)(F)F)c2ccccc2O1)C(=O)OC(C)(C)C. The molecular weight excluding hydrogens is 566 g/mol. The van der Waals surface area contributed by atoms with Gasteiger partial charge in [0, 0.05) is 24.4 Å². The van der Waals surface area contributed by atoms with E-state index in [4.69, 9.17) is 9.47 Å². The summed E-state index contributed by atoms with van der Waals surface area (Å²) < 4.78 is 93.3. The molecule has 0 saturated heterocycles. The van der Waals surface area contributed by atoms with Crippen molar-refractivity contribution in [3.05, 3.63) is 83.7 Å². The third kappa shape index (κ3) is 6.75. The Morgan fingerprint density at radius 3 is 2.29 bits per heavy atom. The van der Waals surface area contributed by atoms with E-state index in [1.165, 1.54) is 29.2 Å². The molecule has 0 spiro atoms. The first-order valence-electron chi connectivity index (χ1n) is 12.7. The zero-order chi connectivity index (χ0) is 30.2. The second kappa shape index (κ2) is 11.2. The van der Waals surface area contributed by atoms with Crippen LogP contribution in [0.4, 0.5) is 22.4 Å². The van der Waals surface area contributed by atoms with Crippen molar-refractivity contribution in [2.45, 2.75) is 57.4 Å². The van der Waals surface area contributed by atoms with Crippen LogP contribution in [0.25, 0.3) is 16.5 Å². The van der Waals surface area contributed by atoms with Crippen LogP contribution in [-0.2, 0) is 19.0 Å². The zero-order valence-corrected chi connectivity index (χ0v) is 23.6. The van der Waals surface area contributed by atoms with Crippen LogP contribution in [0.15, 0.2) is 66.7 Å². The highest BCUT2D eigenvalue weighted by molar-refractivity contribution is 7.87. The normalized spacial score (nSPS) is 16.3. The van der Waals surface area contributed by atoms with Crippen molar-refractivity contribution in [1.29, 1.82) is 0 Å². The molecule has 0 unspecified atom stereocenters. The first-order valence-corrected chi connectivity index (χ1v) is 14.1. The largest absolute Gasteiger partial charge is 0.534 e. The number of halogens is 4. The predicted octanol–water partition coefficient (Wildman–Crippen LogP) is 7.34. The fourth-order valence-electron chi connectivity index (χ4n) is 4.46. The Balaban J connectivity index is 1.66. The Morgan fingerprint density at radius 1 is 1.00 bits per heavy atom. The number of rotatable bonds is 7. The van der Waals surface area contributed by atoms with Gasteiger partial charge in [0.15, 0.2) is 5.76 Å². The van der Waals surface area contributed by atoms with Crippen molar-refractivity contribution in [2.24, 2.45) is 0 Å². The molecule has 0 N–H and O–H groups in total. The van der Waals surface area contributed by atoms with E-state index in [-0.39, 0.29) is 24.3 Å². The lowest BCUT2D eigenvalue weighted by molar-refractivity contribution is -0.0510.